The summed E-state index contributed by atoms with van der Waals surface area (Å²) in [4.78, 5) is 3.99. The molecule has 1 N–H and O–H groups in total. The van der Waals surface area contributed by atoms with Gasteiger partial charge in [-0.1, -0.05) is 6.92 Å². The Bertz CT molecular complexity index is 300. The van der Waals surface area contributed by atoms with E-state index in [1.165, 1.54) is 0 Å². The maximum Gasteiger partial charge on any atom is 0.0945 e. The van der Waals surface area contributed by atoms with Crippen molar-refractivity contribution < 1.29 is 4.21 Å². The van der Waals surface area contributed by atoms with Crippen LogP contribution < -0.4 is 5.32 Å². The van der Waals surface area contributed by atoms with E-state index in [9.17, 15) is 4.21 Å². The summed E-state index contributed by atoms with van der Waals surface area (Å²) < 4.78 is 13.2. The highest BCUT2D eigenvalue weighted by Gasteiger charge is 2.04. The summed E-state index contributed by atoms with van der Waals surface area (Å²) >= 11 is 0. The van der Waals surface area contributed by atoms with Crippen LogP contribution in [0.4, 0.5) is 0 Å². The summed E-state index contributed by atoms with van der Waals surface area (Å²) in [5, 5.41) is 3.66. The van der Waals surface area contributed by atoms with Gasteiger partial charge in [0.15, 0.2) is 0 Å². The topological polar surface area (TPSA) is 46.9 Å². The van der Waals surface area contributed by atoms with Crippen LogP contribution in [0.25, 0.3) is 0 Å². The van der Waals surface area contributed by atoms with E-state index in [0.29, 0.717) is 5.25 Å². The van der Waals surface area contributed by atoms with E-state index < -0.39 is 10.8 Å². The number of hydrogen-bond donors (Lipinski definition) is 1. The summed E-state index contributed by atoms with van der Waals surface area (Å²) in [5.41, 5.74) is 0. The molecule has 0 aliphatic carbocycles. The first kappa shape index (κ1) is 13.4. The Hall–Kier alpha value is -0.680. The number of imidazole rings is 1. The van der Waals surface area contributed by atoms with Gasteiger partial charge in [0.25, 0.3) is 0 Å². The van der Waals surface area contributed by atoms with Crippen LogP contribution in [0.3, 0.4) is 0 Å². The SMILES string of the molecule is CC(CCNCCCn1ccnc1)S(C)=O. The van der Waals surface area contributed by atoms with Crippen molar-refractivity contribution in [2.24, 2.45) is 0 Å². The van der Waals surface area contributed by atoms with Gasteiger partial charge in [-0.2, -0.15) is 0 Å². The van der Waals surface area contributed by atoms with Gasteiger partial charge >= 0.3 is 0 Å². The zero-order valence-electron chi connectivity index (χ0n) is 10.1. The van der Waals surface area contributed by atoms with Gasteiger partial charge in [-0.25, -0.2) is 4.98 Å². The molecule has 16 heavy (non-hydrogen) atoms. The molecule has 2 unspecified atom stereocenters. The number of nitrogens with one attached hydrogen (secondary N) is 1. The van der Waals surface area contributed by atoms with E-state index >= 15 is 0 Å². The molecule has 0 bridgehead atoms. The van der Waals surface area contributed by atoms with Crippen molar-refractivity contribution in [1.82, 2.24) is 14.9 Å². The first-order valence-corrected chi connectivity index (χ1v) is 7.31. The number of aromatic nitrogens is 2. The Kier molecular flexibility index (Phi) is 6.33. The zero-order chi connectivity index (χ0) is 11.8. The van der Waals surface area contributed by atoms with Crippen molar-refractivity contribution in [2.45, 2.75) is 31.6 Å². The number of nitrogens with zero attached hydrogens (tertiary/aromatic N) is 2. The van der Waals surface area contributed by atoms with E-state index in [2.05, 4.69) is 14.9 Å². The monoisotopic (exact) mass is 243 g/mol. The molecule has 0 fully saturated rings. The number of hydrogen-bond acceptors (Lipinski definition) is 3. The lowest BCUT2D eigenvalue weighted by Gasteiger charge is -2.09. The second-order valence-corrected chi connectivity index (χ2v) is 5.80. The van der Waals surface area contributed by atoms with E-state index in [4.69, 9.17) is 0 Å². The molecule has 0 aromatic carbocycles. The Morgan fingerprint density at radius 3 is 2.94 bits per heavy atom. The van der Waals surface area contributed by atoms with Crippen molar-refractivity contribution >= 4 is 10.8 Å². The first-order valence-electron chi connectivity index (χ1n) is 5.69. The molecule has 2 atom stereocenters. The van der Waals surface area contributed by atoms with Crippen LogP contribution in [-0.4, -0.2) is 38.4 Å². The van der Waals surface area contributed by atoms with Gasteiger partial charge in [0.2, 0.25) is 0 Å². The molecule has 0 amide bonds. The van der Waals surface area contributed by atoms with Gasteiger partial charge in [-0.05, 0) is 25.9 Å². The quantitative estimate of drug-likeness (QED) is 0.693. The number of rotatable bonds is 8. The van der Waals surface area contributed by atoms with E-state index in [-0.39, 0.29) is 0 Å². The van der Waals surface area contributed by atoms with Crippen LogP contribution in [0.1, 0.15) is 19.8 Å². The lowest BCUT2D eigenvalue weighted by atomic mass is 10.3. The van der Waals surface area contributed by atoms with Gasteiger partial charge in [-0.3, -0.25) is 4.21 Å². The molecule has 1 rings (SSSR count). The molecule has 5 heteroatoms. The minimum atomic E-state index is -0.694. The highest BCUT2D eigenvalue weighted by Crippen LogP contribution is 1.97. The maximum absolute atomic E-state index is 11.1. The third-order valence-electron chi connectivity index (χ3n) is 2.62. The summed E-state index contributed by atoms with van der Waals surface area (Å²) in [5.74, 6) is 0. The largest absolute Gasteiger partial charge is 0.337 e. The standard InChI is InChI=1S/C11H21N3OS/c1-11(16(2)15)4-6-12-5-3-8-14-9-7-13-10-14/h7,9-12H,3-6,8H2,1-2H3. The lowest BCUT2D eigenvalue weighted by molar-refractivity contribution is 0.567. The summed E-state index contributed by atoms with van der Waals surface area (Å²) in [6.45, 7) is 4.98. The molecule has 0 aliphatic heterocycles. The van der Waals surface area contributed by atoms with Crippen LogP contribution in [0.5, 0.6) is 0 Å². The average Bonchev–Trinajstić information content (AvgIpc) is 2.75. The van der Waals surface area contributed by atoms with Crippen molar-refractivity contribution in [3.8, 4) is 0 Å². The van der Waals surface area contributed by atoms with Crippen LogP contribution in [-0.2, 0) is 17.3 Å². The molecule has 0 saturated heterocycles. The minimum absolute atomic E-state index is 0.293. The fourth-order valence-corrected chi connectivity index (χ4v) is 1.85. The normalized spacial score (nSPS) is 14.9. The Morgan fingerprint density at radius 2 is 2.31 bits per heavy atom. The highest BCUT2D eigenvalue weighted by molar-refractivity contribution is 7.84. The molecule has 1 aromatic heterocycles. The summed E-state index contributed by atoms with van der Waals surface area (Å²) in [6.07, 6.45) is 9.45. The molecule has 4 nitrogen and oxygen atoms in total. The molecule has 1 heterocycles. The van der Waals surface area contributed by atoms with Gasteiger partial charge in [0.05, 0.1) is 6.33 Å². The molecule has 0 saturated carbocycles. The third-order valence-corrected chi connectivity index (χ3v) is 3.99. The average molecular weight is 243 g/mol. The molecule has 1 aromatic rings. The van der Waals surface area contributed by atoms with Crippen LogP contribution >= 0.6 is 0 Å². The van der Waals surface area contributed by atoms with Crippen molar-refractivity contribution in [1.29, 1.82) is 0 Å². The summed E-state index contributed by atoms with van der Waals surface area (Å²) in [7, 11) is -0.694. The predicted octanol–water partition coefficient (Wildman–Crippen LogP) is 1.02. The van der Waals surface area contributed by atoms with Crippen molar-refractivity contribution in [2.75, 3.05) is 19.3 Å². The lowest BCUT2D eigenvalue weighted by Crippen LogP contribution is -2.22. The molecule has 0 spiro atoms. The van der Waals surface area contributed by atoms with E-state index in [1.807, 2.05) is 19.4 Å². The van der Waals surface area contributed by atoms with Gasteiger partial charge in [0, 0.05) is 41.2 Å². The van der Waals surface area contributed by atoms with Crippen LogP contribution in [0, 0.1) is 0 Å². The third kappa shape index (κ3) is 5.42. The second-order valence-electron chi connectivity index (χ2n) is 4.00. The molecular weight excluding hydrogens is 222 g/mol. The van der Waals surface area contributed by atoms with Crippen molar-refractivity contribution in [3.63, 3.8) is 0 Å². The highest BCUT2D eigenvalue weighted by atomic mass is 32.2. The van der Waals surface area contributed by atoms with E-state index in [0.717, 1.165) is 32.5 Å². The second kappa shape index (κ2) is 7.57. The smallest absolute Gasteiger partial charge is 0.0945 e. The van der Waals surface area contributed by atoms with Gasteiger partial charge < -0.3 is 9.88 Å². The molecule has 0 aliphatic rings. The van der Waals surface area contributed by atoms with Crippen LogP contribution in [0.15, 0.2) is 18.7 Å². The van der Waals surface area contributed by atoms with Crippen LogP contribution in [0.2, 0.25) is 0 Å². The van der Waals surface area contributed by atoms with Gasteiger partial charge in [-0.15, -0.1) is 0 Å². The first-order chi connectivity index (χ1) is 7.70. The van der Waals surface area contributed by atoms with Crippen molar-refractivity contribution in [3.05, 3.63) is 18.7 Å². The fraction of sp³-hybridized carbons (Fsp3) is 0.727. The molecule has 92 valence electrons. The van der Waals surface area contributed by atoms with E-state index in [1.54, 1.807) is 12.5 Å². The Balaban J connectivity index is 1.94. The maximum atomic E-state index is 11.1. The molecule has 0 radical (unpaired) electrons. The number of aryl methyl sites for hydroxylation is 1. The predicted molar refractivity (Wildman–Crippen MR) is 67.9 cm³/mol. The minimum Gasteiger partial charge on any atom is -0.337 e. The van der Waals surface area contributed by atoms with Gasteiger partial charge in [0.1, 0.15) is 0 Å². The zero-order valence-corrected chi connectivity index (χ0v) is 10.9. The Labute approximate surface area is 99.9 Å². The fourth-order valence-electron chi connectivity index (χ4n) is 1.40. The molecular formula is C11H21N3OS. The Morgan fingerprint density at radius 1 is 1.50 bits per heavy atom. The summed E-state index contributed by atoms with van der Waals surface area (Å²) in [6, 6.07) is 0.